The van der Waals surface area contributed by atoms with Crippen LogP contribution in [0.25, 0.3) is 0 Å². The van der Waals surface area contributed by atoms with Gasteiger partial charge in [0.05, 0.1) is 12.2 Å². The van der Waals surface area contributed by atoms with Crippen LogP contribution in [-0.2, 0) is 21.4 Å². The van der Waals surface area contributed by atoms with Crippen molar-refractivity contribution < 1.29 is 13.2 Å². The van der Waals surface area contributed by atoms with Gasteiger partial charge in [0.1, 0.15) is 0 Å². The summed E-state index contributed by atoms with van der Waals surface area (Å²) in [4.78, 5) is 14.4. The maximum absolute atomic E-state index is 12.5. The van der Waals surface area contributed by atoms with Crippen molar-refractivity contribution in [2.75, 3.05) is 19.3 Å². The Kier molecular flexibility index (Phi) is 4.68. The minimum atomic E-state index is -3.17. The predicted octanol–water partition coefficient (Wildman–Crippen LogP) is 1.32. The summed E-state index contributed by atoms with van der Waals surface area (Å²) in [6.45, 7) is 5.12. The summed E-state index contributed by atoms with van der Waals surface area (Å²) in [5.41, 5.74) is 1.08. The Morgan fingerprint density at radius 2 is 1.86 bits per heavy atom. The maximum Gasteiger partial charge on any atom is 0.228 e. The fourth-order valence-electron chi connectivity index (χ4n) is 2.39. The van der Waals surface area contributed by atoms with Gasteiger partial charge in [-0.15, -0.1) is 0 Å². The number of sulfonamides is 1. The second-order valence-electron chi connectivity index (χ2n) is 5.82. The molecule has 0 atom stereocenters. The molecule has 0 radical (unpaired) electrons. The van der Waals surface area contributed by atoms with Crippen LogP contribution in [0.1, 0.15) is 19.4 Å². The monoisotopic (exact) mass is 310 g/mol. The van der Waals surface area contributed by atoms with Gasteiger partial charge in [-0.05, 0) is 19.4 Å². The number of hydrogen-bond donors (Lipinski definition) is 0. The van der Waals surface area contributed by atoms with Crippen LogP contribution in [0.5, 0.6) is 0 Å². The van der Waals surface area contributed by atoms with Gasteiger partial charge in [-0.3, -0.25) is 4.79 Å². The van der Waals surface area contributed by atoms with Crippen LogP contribution < -0.4 is 0 Å². The first kappa shape index (κ1) is 16.0. The van der Waals surface area contributed by atoms with E-state index in [0.29, 0.717) is 19.6 Å². The molecule has 1 aliphatic rings. The zero-order chi connectivity index (χ0) is 15.6. The minimum absolute atomic E-state index is 0.0359. The molecule has 0 bridgehead atoms. The summed E-state index contributed by atoms with van der Waals surface area (Å²) in [5, 5.41) is 0. The largest absolute Gasteiger partial charge is 0.336 e. The quantitative estimate of drug-likeness (QED) is 0.824. The second-order valence-corrected chi connectivity index (χ2v) is 7.80. The van der Waals surface area contributed by atoms with Gasteiger partial charge in [0.15, 0.2) is 0 Å². The second kappa shape index (κ2) is 6.15. The highest BCUT2D eigenvalue weighted by Gasteiger charge is 2.40. The van der Waals surface area contributed by atoms with E-state index in [4.69, 9.17) is 0 Å². The molecule has 1 aromatic rings. The maximum atomic E-state index is 12.5. The Balaban J connectivity index is 2.01. The molecule has 1 aromatic carbocycles. The lowest BCUT2D eigenvalue weighted by atomic mass is 10.0. The fourth-order valence-corrected chi connectivity index (χ4v) is 3.30. The molecule has 1 fully saturated rings. The summed E-state index contributed by atoms with van der Waals surface area (Å²) in [6, 6.07) is 9.92. The van der Waals surface area contributed by atoms with Crippen molar-refractivity contribution in [1.82, 2.24) is 9.21 Å². The Bertz CT molecular complexity index is 593. The Hall–Kier alpha value is -1.40. The van der Waals surface area contributed by atoms with Gasteiger partial charge in [-0.1, -0.05) is 30.3 Å². The Morgan fingerprint density at radius 1 is 1.29 bits per heavy atom. The van der Waals surface area contributed by atoms with E-state index in [1.807, 2.05) is 49.1 Å². The molecule has 0 saturated carbocycles. The van der Waals surface area contributed by atoms with Crippen molar-refractivity contribution in [3.8, 4) is 0 Å². The van der Waals surface area contributed by atoms with E-state index in [1.165, 1.54) is 10.6 Å². The molecule has 1 saturated heterocycles. The summed E-state index contributed by atoms with van der Waals surface area (Å²) in [6.07, 6.45) is 1.18. The van der Waals surface area contributed by atoms with Crippen LogP contribution in [0.15, 0.2) is 30.3 Å². The molecule has 0 aromatic heterocycles. The van der Waals surface area contributed by atoms with E-state index in [1.54, 1.807) is 0 Å². The van der Waals surface area contributed by atoms with Gasteiger partial charge < -0.3 is 4.90 Å². The normalized spacial score (nSPS) is 16.8. The van der Waals surface area contributed by atoms with E-state index in [-0.39, 0.29) is 17.9 Å². The average molecular weight is 310 g/mol. The fraction of sp³-hybridized carbons (Fsp3) is 0.533. The lowest BCUT2D eigenvalue weighted by Gasteiger charge is -2.40. The van der Waals surface area contributed by atoms with E-state index in [0.717, 1.165) is 5.56 Å². The third-order valence-corrected chi connectivity index (χ3v) is 5.00. The van der Waals surface area contributed by atoms with Gasteiger partial charge >= 0.3 is 0 Å². The smallest absolute Gasteiger partial charge is 0.228 e. The molecular weight excluding hydrogens is 288 g/mol. The van der Waals surface area contributed by atoms with Crippen molar-refractivity contribution >= 4 is 15.9 Å². The number of benzene rings is 1. The SMILES string of the molecule is CC(C)N(Cc1ccccc1)C(=O)C1CN(S(C)(=O)=O)C1. The highest BCUT2D eigenvalue weighted by molar-refractivity contribution is 7.88. The van der Waals surface area contributed by atoms with E-state index in [9.17, 15) is 13.2 Å². The molecular formula is C15H22N2O3S. The zero-order valence-corrected chi connectivity index (χ0v) is 13.5. The van der Waals surface area contributed by atoms with Crippen LogP contribution >= 0.6 is 0 Å². The first-order chi connectivity index (χ1) is 9.79. The number of carbonyl (C=O) groups excluding carboxylic acids is 1. The van der Waals surface area contributed by atoms with E-state index in [2.05, 4.69) is 0 Å². The average Bonchev–Trinajstić information content (AvgIpc) is 2.33. The summed E-state index contributed by atoms with van der Waals surface area (Å²) in [7, 11) is -3.17. The zero-order valence-electron chi connectivity index (χ0n) is 12.7. The third-order valence-electron chi connectivity index (χ3n) is 3.77. The number of carbonyl (C=O) groups is 1. The van der Waals surface area contributed by atoms with Gasteiger partial charge in [0.2, 0.25) is 15.9 Å². The molecule has 0 unspecified atom stereocenters. The van der Waals surface area contributed by atoms with Crippen molar-refractivity contribution in [2.24, 2.45) is 5.92 Å². The third kappa shape index (κ3) is 3.83. The van der Waals surface area contributed by atoms with Gasteiger partial charge in [-0.2, -0.15) is 0 Å². The van der Waals surface area contributed by atoms with Crippen LogP contribution in [-0.4, -0.2) is 48.9 Å². The summed E-state index contributed by atoms with van der Waals surface area (Å²) < 4.78 is 24.1. The topological polar surface area (TPSA) is 57.7 Å². The van der Waals surface area contributed by atoms with E-state index >= 15 is 0 Å². The molecule has 2 rings (SSSR count). The van der Waals surface area contributed by atoms with Crippen molar-refractivity contribution in [2.45, 2.75) is 26.4 Å². The van der Waals surface area contributed by atoms with Gasteiger partial charge in [-0.25, -0.2) is 12.7 Å². The van der Waals surface area contributed by atoms with Crippen molar-refractivity contribution in [3.63, 3.8) is 0 Å². The van der Waals surface area contributed by atoms with Gasteiger partial charge in [0, 0.05) is 25.7 Å². The van der Waals surface area contributed by atoms with Gasteiger partial charge in [0.25, 0.3) is 0 Å². The molecule has 0 aliphatic carbocycles. The van der Waals surface area contributed by atoms with Crippen LogP contribution in [0.4, 0.5) is 0 Å². The number of rotatable bonds is 5. The highest BCUT2D eigenvalue weighted by Crippen LogP contribution is 2.23. The number of amides is 1. The molecule has 1 amide bonds. The van der Waals surface area contributed by atoms with E-state index < -0.39 is 10.0 Å². The standard InChI is InChI=1S/C15H22N2O3S/c1-12(2)17(9-13-7-5-4-6-8-13)15(18)14-10-16(11-14)21(3,19)20/h4-8,12,14H,9-11H2,1-3H3. The first-order valence-corrected chi connectivity index (χ1v) is 8.93. The molecule has 1 aliphatic heterocycles. The molecule has 6 heteroatoms. The lowest BCUT2D eigenvalue weighted by Crippen LogP contribution is -2.56. The van der Waals surface area contributed by atoms with Crippen LogP contribution in [0.3, 0.4) is 0 Å². The van der Waals surface area contributed by atoms with Crippen LogP contribution in [0.2, 0.25) is 0 Å². The molecule has 5 nitrogen and oxygen atoms in total. The first-order valence-electron chi connectivity index (χ1n) is 7.08. The molecule has 0 spiro atoms. The summed E-state index contributed by atoms with van der Waals surface area (Å²) in [5.74, 6) is -0.181. The van der Waals surface area contributed by atoms with Crippen LogP contribution in [0, 0.1) is 5.92 Å². The number of hydrogen-bond acceptors (Lipinski definition) is 3. The van der Waals surface area contributed by atoms with Crippen molar-refractivity contribution in [1.29, 1.82) is 0 Å². The summed E-state index contributed by atoms with van der Waals surface area (Å²) >= 11 is 0. The lowest BCUT2D eigenvalue weighted by molar-refractivity contribution is -0.141. The molecule has 116 valence electrons. The number of nitrogens with zero attached hydrogens (tertiary/aromatic N) is 2. The molecule has 1 heterocycles. The van der Waals surface area contributed by atoms with Crippen molar-refractivity contribution in [3.05, 3.63) is 35.9 Å². The Labute approximate surface area is 126 Å². The highest BCUT2D eigenvalue weighted by atomic mass is 32.2. The minimum Gasteiger partial charge on any atom is -0.336 e. The Morgan fingerprint density at radius 3 is 2.33 bits per heavy atom. The molecule has 0 N–H and O–H groups in total. The molecule has 21 heavy (non-hydrogen) atoms. The predicted molar refractivity (Wildman–Crippen MR) is 82.0 cm³/mol.